The number of amides is 2. The summed E-state index contributed by atoms with van der Waals surface area (Å²) >= 11 is 6.20. The van der Waals surface area contributed by atoms with Gasteiger partial charge in [0.1, 0.15) is 5.92 Å². The highest BCUT2D eigenvalue weighted by atomic mass is 35.5. The van der Waals surface area contributed by atoms with Gasteiger partial charge in [0.15, 0.2) is 5.78 Å². The number of Topliss-reactive ketones (excluding diaryl/α,β-unsaturated/α-hetero) is 1. The minimum absolute atomic E-state index is 0.0200. The molecule has 1 aliphatic heterocycles. The van der Waals surface area contributed by atoms with Crippen molar-refractivity contribution >= 4 is 23.4 Å². The van der Waals surface area contributed by atoms with Gasteiger partial charge in [-0.25, -0.2) is 4.79 Å². The third-order valence-corrected chi connectivity index (χ3v) is 5.59. The van der Waals surface area contributed by atoms with Crippen molar-refractivity contribution in [1.29, 1.82) is 0 Å². The first kappa shape index (κ1) is 21.1. The number of urea groups is 1. The lowest BCUT2D eigenvalue weighted by Crippen LogP contribution is -2.73. The summed E-state index contributed by atoms with van der Waals surface area (Å²) in [4.78, 5) is 27.1. The summed E-state index contributed by atoms with van der Waals surface area (Å²) in [6.07, 6.45) is -5.30. The molecule has 3 atom stereocenters. The molecule has 3 unspecified atom stereocenters. The summed E-state index contributed by atoms with van der Waals surface area (Å²) in [6.45, 7) is 0. The van der Waals surface area contributed by atoms with Crippen LogP contribution in [0.15, 0.2) is 54.6 Å². The standard InChI is InChI=1S/C20H18ClF3N2O3/c1-25-16(13-10-6-7-11-14(13)21)15(17(27)12-8-4-3-5-9-12)19(29,20(22,23)24)26(2)18(25)28/h3-11,15-16,29H,1-2H3. The molecule has 0 aliphatic carbocycles. The largest absolute Gasteiger partial charge is 0.437 e. The van der Waals surface area contributed by atoms with Crippen LogP contribution in [0.5, 0.6) is 0 Å². The predicted octanol–water partition coefficient (Wildman–Crippen LogP) is 4.13. The van der Waals surface area contributed by atoms with E-state index in [0.717, 1.165) is 11.9 Å². The van der Waals surface area contributed by atoms with Crippen LogP contribution in [-0.2, 0) is 0 Å². The average molecular weight is 427 g/mol. The smallest absolute Gasteiger partial charge is 0.363 e. The number of halogens is 4. The highest BCUT2D eigenvalue weighted by Gasteiger charge is 2.70. The first-order valence-corrected chi connectivity index (χ1v) is 9.03. The maximum absolute atomic E-state index is 14.1. The number of aliphatic hydroxyl groups is 1. The molecule has 0 aromatic heterocycles. The van der Waals surface area contributed by atoms with Gasteiger partial charge in [-0.2, -0.15) is 13.2 Å². The molecule has 2 amide bonds. The number of hydrogen-bond acceptors (Lipinski definition) is 3. The molecule has 154 valence electrons. The fourth-order valence-corrected chi connectivity index (χ4v) is 3.98. The van der Waals surface area contributed by atoms with Gasteiger partial charge in [0, 0.05) is 24.7 Å². The van der Waals surface area contributed by atoms with Crippen molar-refractivity contribution in [1.82, 2.24) is 9.80 Å². The minimum Gasteiger partial charge on any atom is -0.363 e. The Hall–Kier alpha value is -2.58. The first-order chi connectivity index (χ1) is 13.5. The lowest BCUT2D eigenvalue weighted by molar-refractivity contribution is -0.328. The first-order valence-electron chi connectivity index (χ1n) is 8.65. The second kappa shape index (κ2) is 7.35. The third-order valence-electron chi connectivity index (χ3n) is 5.25. The molecule has 1 heterocycles. The SMILES string of the molecule is CN1C(=O)N(C)C(O)(C(F)(F)F)C(C(=O)c2ccccc2)C1c1ccccc1Cl. The zero-order valence-electron chi connectivity index (χ0n) is 15.5. The Bertz CT molecular complexity index is 938. The monoisotopic (exact) mass is 426 g/mol. The molecular weight excluding hydrogens is 409 g/mol. The molecule has 1 saturated heterocycles. The van der Waals surface area contributed by atoms with E-state index in [1.165, 1.54) is 49.5 Å². The van der Waals surface area contributed by atoms with Gasteiger partial charge in [0.25, 0.3) is 5.72 Å². The van der Waals surface area contributed by atoms with Crippen molar-refractivity contribution in [2.75, 3.05) is 14.1 Å². The van der Waals surface area contributed by atoms with E-state index in [1.807, 2.05) is 0 Å². The zero-order valence-corrected chi connectivity index (χ0v) is 16.3. The van der Waals surface area contributed by atoms with Crippen LogP contribution in [-0.4, -0.2) is 52.7 Å². The molecule has 1 N–H and O–H groups in total. The molecule has 0 radical (unpaired) electrons. The van der Waals surface area contributed by atoms with Crippen molar-refractivity contribution in [3.05, 3.63) is 70.7 Å². The normalized spacial score (nSPS) is 25.3. The van der Waals surface area contributed by atoms with Crippen LogP contribution in [0.1, 0.15) is 22.0 Å². The summed E-state index contributed by atoms with van der Waals surface area (Å²) in [5.41, 5.74) is -3.61. The average Bonchev–Trinajstić information content (AvgIpc) is 2.69. The topological polar surface area (TPSA) is 60.9 Å². The van der Waals surface area contributed by atoms with E-state index in [-0.39, 0.29) is 21.0 Å². The van der Waals surface area contributed by atoms with Crippen LogP contribution in [0.3, 0.4) is 0 Å². The van der Waals surface area contributed by atoms with Crippen molar-refractivity contribution in [2.45, 2.75) is 17.9 Å². The van der Waals surface area contributed by atoms with Crippen LogP contribution in [0.25, 0.3) is 0 Å². The van der Waals surface area contributed by atoms with E-state index >= 15 is 0 Å². The zero-order chi connectivity index (χ0) is 21.6. The number of carbonyl (C=O) groups excluding carboxylic acids is 2. The van der Waals surface area contributed by atoms with Crippen molar-refractivity contribution in [3.8, 4) is 0 Å². The summed E-state index contributed by atoms with van der Waals surface area (Å²) in [6, 6.07) is 10.8. The summed E-state index contributed by atoms with van der Waals surface area (Å²) in [5.74, 6) is -3.03. The van der Waals surface area contributed by atoms with E-state index in [1.54, 1.807) is 12.1 Å². The van der Waals surface area contributed by atoms with E-state index in [0.29, 0.717) is 0 Å². The predicted molar refractivity (Wildman–Crippen MR) is 100 cm³/mol. The second-order valence-electron chi connectivity index (χ2n) is 6.85. The number of nitrogens with zero attached hydrogens (tertiary/aromatic N) is 2. The molecule has 1 fully saturated rings. The number of ketones is 1. The van der Waals surface area contributed by atoms with Crippen molar-refractivity contribution in [3.63, 3.8) is 0 Å². The lowest BCUT2D eigenvalue weighted by Gasteiger charge is -2.53. The van der Waals surface area contributed by atoms with Gasteiger partial charge >= 0.3 is 12.2 Å². The Morgan fingerprint density at radius 2 is 1.62 bits per heavy atom. The molecule has 5 nitrogen and oxygen atoms in total. The van der Waals surface area contributed by atoms with Crippen LogP contribution in [0, 0.1) is 5.92 Å². The minimum atomic E-state index is -5.30. The Kier molecular flexibility index (Phi) is 5.36. The molecule has 1 aliphatic rings. The van der Waals surface area contributed by atoms with E-state index < -0.39 is 35.7 Å². The fraction of sp³-hybridized carbons (Fsp3) is 0.300. The van der Waals surface area contributed by atoms with Gasteiger partial charge < -0.3 is 10.0 Å². The van der Waals surface area contributed by atoms with Crippen LogP contribution >= 0.6 is 11.6 Å². The Morgan fingerprint density at radius 3 is 2.17 bits per heavy atom. The Balaban J connectivity index is 2.30. The van der Waals surface area contributed by atoms with E-state index in [2.05, 4.69) is 0 Å². The quantitative estimate of drug-likeness (QED) is 0.751. The molecule has 2 aromatic carbocycles. The third kappa shape index (κ3) is 3.26. The van der Waals surface area contributed by atoms with Gasteiger partial charge in [0.05, 0.1) is 6.04 Å². The van der Waals surface area contributed by atoms with Gasteiger partial charge in [-0.3, -0.25) is 9.69 Å². The summed E-state index contributed by atoms with van der Waals surface area (Å²) in [7, 11) is 2.09. The Morgan fingerprint density at radius 1 is 1.07 bits per heavy atom. The highest BCUT2D eigenvalue weighted by molar-refractivity contribution is 6.31. The van der Waals surface area contributed by atoms with Crippen LogP contribution < -0.4 is 0 Å². The number of carbonyl (C=O) groups is 2. The molecule has 0 spiro atoms. The van der Waals surface area contributed by atoms with Gasteiger partial charge in [-0.15, -0.1) is 0 Å². The van der Waals surface area contributed by atoms with Crippen molar-refractivity contribution in [2.24, 2.45) is 5.92 Å². The van der Waals surface area contributed by atoms with Gasteiger partial charge in [0.2, 0.25) is 0 Å². The molecular formula is C20H18ClF3N2O3. The fourth-order valence-electron chi connectivity index (χ4n) is 3.73. The van der Waals surface area contributed by atoms with Crippen LogP contribution in [0.4, 0.5) is 18.0 Å². The molecule has 0 saturated carbocycles. The summed E-state index contributed by atoms with van der Waals surface area (Å²) in [5, 5.41) is 10.9. The molecule has 29 heavy (non-hydrogen) atoms. The van der Waals surface area contributed by atoms with Gasteiger partial charge in [-0.05, 0) is 11.6 Å². The number of rotatable bonds is 3. The van der Waals surface area contributed by atoms with Crippen molar-refractivity contribution < 1.29 is 27.9 Å². The molecule has 2 aromatic rings. The lowest BCUT2D eigenvalue weighted by atomic mass is 9.75. The molecule has 3 rings (SSSR count). The van der Waals surface area contributed by atoms with Gasteiger partial charge in [-0.1, -0.05) is 60.1 Å². The summed E-state index contributed by atoms with van der Waals surface area (Å²) < 4.78 is 42.4. The number of benzene rings is 2. The highest BCUT2D eigenvalue weighted by Crippen LogP contribution is 2.51. The van der Waals surface area contributed by atoms with E-state index in [4.69, 9.17) is 11.6 Å². The van der Waals surface area contributed by atoms with E-state index in [9.17, 15) is 27.9 Å². The molecule has 0 bridgehead atoms. The maximum Gasteiger partial charge on any atom is 0.437 e. The number of hydrogen-bond donors (Lipinski definition) is 1. The Labute approximate surface area is 170 Å². The number of alkyl halides is 3. The van der Waals surface area contributed by atoms with Crippen LogP contribution in [0.2, 0.25) is 5.02 Å². The molecule has 9 heteroatoms. The second-order valence-corrected chi connectivity index (χ2v) is 7.26. The maximum atomic E-state index is 14.1.